The maximum absolute atomic E-state index is 13.0. The molecule has 1 fully saturated rings. The summed E-state index contributed by atoms with van der Waals surface area (Å²) < 4.78 is 2.76. The maximum atomic E-state index is 13.0. The second kappa shape index (κ2) is 7.72. The molecular weight excluding hydrogens is 404 g/mol. The third-order valence-electron chi connectivity index (χ3n) is 5.05. The number of hydrogen-bond acceptors (Lipinski definition) is 3. The van der Waals surface area contributed by atoms with Crippen LogP contribution in [0.25, 0.3) is 5.65 Å². The summed E-state index contributed by atoms with van der Waals surface area (Å²) in [5.74, 6) is -0.136. The van der Waals surface area contributed by atoms with E-state index in [4.69, 9.17) is 0 Å². The predicted molar refractivity (Wildman–Crippen MR) is 113 cm³/mol. The third-order valence-corrected chi connectivity index (χ3v) is 5.52. The van der Waals surface area contributed by atoms with Gasteiger partial charge in [0, 0.05) is 35.1 Å². The first-order chi connectivity index (χ1) is 13.2. The highest BCUT2D eigenvalue weighted by molar-refractivity contribution is 9.10. The quantitative estimate of drug-likeness (QED) is 0.644. The molecule has 1 amide bonds. The summed E-state index contributed by atoms with van der Waals surface area (Å²) in [6.45, 7) is 4.24. The number of piperidine rings is 1. The molecule has 1 aromatic carbocycles. The second-order valence-electron chi connectivity index (χ2n) is 6.88. The zero-order chi connectivity index (χ0) is 18.8. The Balaban J connectivity index is 1.57. The van der Waals surface area contributed by atoms with Crippen molar-refractivity contribution in [3.63, 3.8) is 0 Å². The number of carbonyl (C=O) groups is 1. The number of halogens is 1. The molecular formula is C21H23BrN4O. The maximum Gasteiger partial charge on any atom is 0.274 e. The van der Waals surface area contributed by atoms with Gasteiger partial charge in [0.2, 0.25) is 0 Å². The van der Waals surface area contributed by atoms with Crippen molar-refractivity contribution in [3.8, 4) is 0 Å². The highest BCUT2D eigenvalue weighted by atomic mass is 79.9. The molecule has 0 unspecified atom stereocenters. The lowest BCUT2D eigenvalue weighted by atomic mass is 10.1. The molecule has 0 aliphatic carbocycles. The Morgan fingerprint density at radius 1 is 1.11 bits per heavy atom. The van der Waals surface area contributed by atoms with Gasteiger partial charge >= 0.3 is 0 Å². The molecule has 140 valence electrons. The van der Waals surface area contributed by atoms with Crippen LogP contribution in [0.4, 0.5) is 11.4 Å². The van der Waals surface area contributed by atoms with Crippen molar-refractivity contribution in [1.29, 1.82) is 0 Å². The van der Waals surface area contributed by atoms with Crippen LogP contribution in [0, 0.1) is 0 Å². The third kappa shape index (κ3) is 3.72. The Labute approximate surface area is 167 Å². The SMILES string of the molecule is CCc1nc2ccc(Br)cn2c1C(=O)Nc1ccc(N2CCCCC2)cc1. The highest BCUT2D eigenvalue weighted by Crippen LogP contribution is 2.23. The van der Waals surface area contributed by atoms with E-state index in [0.717, 1.165) is 34.6 Å². The zero-order valence-corrected chi connectivity index (χ0v) is 17.0. The number of benzene rings is 1. The summed E-state index contributed by atoms with van der Waals surface area (Å²) in [4.78, 5) is 20.0. The fraction of sp³-hybridized carbons (Fsp3) is 0.333. The summed E-state index contributed by atoms with van der Waals surface area (Å²) in [6.07, 6.45) is 6.41. The van der Waals surface area contributed by atoms with Gasteiger partial charge in [-0.2, -0.15) is 0 Å². The van der Waals surface area contributed by atoms with Crippen molar-refractivity contribution >= 4 is 38.9 Å². The van der Waals surface area contributed by atoms with Gasteiger partial charge in [0.1, 0.15) is 11.3 Å². The molecule has 0 bridgehead atoms. The predicted octanol–water partition coefficient (Wildman–Crippen LogP) is 4.90. The first-order valence-electron chi connectivity index (χ1n) is 9.48. The first kappa shape index (κ1) is 18.0. The summed E-state index contributed by atoms with van der Waals surface area (Å²) in [5.41, 5.74) is 4.19. The molecule has 0 atom stereocenters. The summed E-state index contributed by atoms with van der Waals surface area (Å²) >= 11 is 3.47. The van der Waals surface area contributed by atoms with Gasteiger partial charge in [-0.25, -0.2) is 4.98 Å². The van der Waals surface area contributed by atoms with Gasteiger partial charge in [0.05, 0.1) is 5.69 Å². The average molecular weight is 427 g/mol. The number of hydrogen-bond donors (Lipinski definition) is 1. The second-order valence-corrected chi connectivity index (χ2v) is 7.80. The molecule has 27 heavy (non-hydrogen) atoms. The number of amides is 1. The number of nitrogens with one attached hydrogen (secondary N) is 1. The van der Waals surface area contributed by atoms with E-state index in [1.807, 2.05) is 41.8 Å². The molecule has 1 N–H and O–H groups in total. The summed E-state index contributed by atoms with van der Waals surface area (Å²) in [5, 5.41) is 3.03. The van der Waals surface area contributed by atoms with Gasteiger partial charge in [-0.1, -0.05) is 6.92 Å². The van der Waals surface area contributed by atoms with Crippen LogP contribution in [0.1, 0.15) is 42.4 Å². The van der Waals surface area contributed by atoms with Crippen molar-refractivity contribution in [2.24, 2.45) is 0 Å². The minimum atomic E-state index is -0.136. The van der Waals surface area contributed by atoms with E-state index in [1.54, 1.807) is 0 Å². The van der Waals surface area contributed by atoms with Crippen molar-refractivity contribution < 1.29 is 4.79 Å². The lowest BCUT2D eigenvalue weighted by molar-refractivity contribution is 0.102. The van der Waals surface area contributed by atoms with Gasteiger partial charge in [0.25, 0.3) is 5.91 Å². The number of nitrogens with zero attached hydrogens (tertiary/aromatic N) is 3. The van der Waals surface area contributed by atoms with Crippen molar-refractivity contribution in [1.82, 2.24) is 9.38 Å². The number of rotatable bonds is 4. The van der Waals surface area contributed by atoms with Crippen molar-refractivity contribution in [2.45, 2.75) is 32.6 Å². The largest absolute Gasteiger partial charge is 0.372 e. The summed E-state index contributed by atoms with van der Waals surface area (Å²) in [7, 11) is 0. The van der Waals surface area contributed by atoms with Crippen LogP contribution < -0.4 is 10.2 Å². The van der Waals surface area contributed by atoms with Crippen LogP contribution in [-0.2, 0) is 6.42 Å². The van der Waals surface area contributed by atoms with E-state index in [2.05, 4.69) is 43.3 Å². The molecule has 1 aliphatic rings. The Kier molecular flexibility index (Phi) is 5.16. The Bertz CT molecular complexity index is 958. The Morgan fingerprint density at radius 2 is 1.85 bits per heavy atom. The standard InChI is InChI=1S/C21H23BrN4O/c1-2-18-20(26-14-15(22)6-11-19(26)24-18)21(27)23-16-7-9-17(10-8-16)25-12-4-3-5-13-25/h6-11,14H,2-5,12-13H2,1H3,(H,23,27). The minimum absolute atomic E-state index is 0.136. The van der Waals surface area contributed by atoms with E-state index in [-0.39, 0.29) is 5.91 Å². The number of carbonyl (C=O) groups excluding carboxylic acids is 1. The monoisotopic (exact) mass is 426 g/mol. The molecule has 0 radical (unpaired) electrons. The van der Waals surface area contributed by atoms with Crippen LogP contribution >= 0.6 is 15.9 Å². The van der Waals surface area contributed by atoms with Crippen LogP contribution in [0.15, 0.2) is 47.1 Å². The van der Waals surface area contributed by atoms with E-state index in [1.165, 1.54) is 24.9 Å². The van der Waals surface area contributed by atoms with Crippen LogP contribution in [0.3, 0.4) is 0 Å². The number of aryl methyl sites for hydroxylation is 1. The lowest BCUT2D eigenvalue weighted by Gasteiger charge is -2.28. The van der Waals surface area contributed by atoms with Crippen molar-refractivity contribution in [3.05, 3.63) is 58.5 Å². The summed E-state index contributed by atoms with van der Waals surface area (Å²) in [6, 6.07) is 12.0. The number of imidazole rings is 1. The Hall–Kier alpha value is -2.34. The Morgan fingerprint density at radius 3 is 2.56 bits per heavy atom. The normalized spacial score (nSPS) is 14.5. The lowest BCUT2D eigenvalue weighted by Crippen LogP contribution is -2.29. The topological polar surface area (TPSA) is 49.6 Å². The smallest absolute Gasteiger partial charge is 0.274 e. The van der Waals surface area contributed by atoms with Gasteiger partial charge < -0.3 is 10.2 Å². The van der Waals surface area contributed by atoms with E-state index >= 15 is 0 Å². The van der Waals surface area contributed by atoms with Crippen LogP contribution in [0.5, 0.6) is 0 Å². The van der Waals surface area contributed by atoms with Gasteiger partial charge in [-0.15, -0.1) is 0 Å². The number of pyridine rings is 1. The van der Waals surface area contributed by atoms with E-state index < -0.39 is 0 Å². The fourth-order valence-electron chi connectivity index (χ4n) is 3.65. The van der Waals surface area contributed by atoms with Gasteiger partial charge in [-0.3, -0.25) is 9.20 Å². The van der Waals surface area contributed by atoms with Crippen LogP contribution in [0.2, 0.25) is 0 Å². The van der Waals surface area contributed by atoms with Gasteiger partial charge in [0.15, 0.2) is 0 Å². The number of fused-ring (bicyclic) bond motifs is 1. The molecule has 5 nitrogen and oxygen atoms in total. The minimum Gasteiger partial charge on any atom is -0.372 e. The van der Waals surface area contributed by atoms with E-state index in [0.29, 0.717) is 12.1 Å². The molecule has 4 rings (SSSR count). The fourth-order valence-corrected chi connectivity index (χ4v) is 3.99. The van der Waals surface area contributed by atoms with Crippen molar-refractivity contribution in [2.75, 3.05) is 23.3 Å². The average Bonchev–Trinajstić information content (AvgIpc) is 3.07. The molecule has 2 aromatic heterocycles. The molecule has 6 heteroatoms. The molecule has 1 saturated heterocycles. The highest BCUT2D eigenvalue weighted by Gasteiger charge is 2.19. The molecule has 3 heterocycles. The molecule has 3 aromatic rings. The molecule has 0 spiro atoms. The zero-order valence-electron chi connectivity index (χ0n) is 15.4. The number of aromatic nitrogens is 2. The first-order valence-corrected chi connectivity index (χ1v) is 10.3. The van der Waals surface area contributed by atoms with Crippen LogP contribution in [-0.4, -0.2) is 28.4 Å². The molecule has 0 saturated carbocycles. The van der Waals surface area contributed by atoms with E-state index in [9.17, 15) is 4.79 Å². The number of anilines is 2. The molecule has 1 aliphatic heterocycles. The van der Waals surface area contributed by atoms with Gasteiger partial charge in [-0.05, 0) is 78.0 Å².